The summed E-state index contributed by atoms with van der Waals surface area (Å²) in [5, 5.41) is 33.3. The predicted molar refractivity (Wildman–Crippen MR) is 132 cm³/mol. The number of carboxylic acid groups (broad SMARTS) is 2. The van der Waals surface area contributed by atoms with Crippen LogP contribution in [0.1, 0.15) is 41.4 Å². The summed E-state index contributed by atoms with van der Waals surface area (Å²) in [6.07, 6.45) is 0. The van der Waals surface area contributed by atoms with E-state index in [1.807, 2.05) is 0 Å². The van der Waals surface area contributed by atoms with E-state index in [1.54, 1.807) is 0 Å². The van der Waals surface area contributed by atoms with E-state index in [-0.39, 0.29) is 111 Å². The number of carbonyl (C=O) groups excluding carboxylic acids is 2. The average Bonchev–Trinajstić information content (AvgIpc) is 2.67. The highest BCUT2D eigenvalue weighted by molar-refractivity contribution is 6.02. The number of carbonyl (C=O) groups is 4. The van der Waals surface area contributed by atoms with Gasteiger partial charge >= 0.3 is 23.9 Å². The van der Waals surface area contributed by atoms with Gasteiger partial charge in [0.2, 0.25) is 0 Å². The number of rotatable bonds is 4. The minimum Gasteiger partial charge on any atom is -0.478 e. The maximum Gasteiger partial charge on any atom is 0.373 e. The molecule has 0 saturated carbocycles. The summed E-state index contributed by atoms with van der Waals surface area (Å²) in [5.74, 6) is -4.67. The van der Waals surface area contributed by atoms with E-state index in [1.165, 1.54) is 48.5 Å². The van der Waals surface area contributed by atoms with Crippen LogP contribution in [-0.2, 0) is 9.78 Å². The molecule has 28 N–H and O–H groups in total. The summed E-state index contributed by atoms with van der Waals surface area (Å²) in [6, 6.07) is 10.9. The number of carboxylic acids is 2. The summed E-state index contributed by atoms with van der Waals surface area (Å²) in [7, 11) is 0. The van der Waals surface area contributed by atoms with E-state index >= 15 is 0 Å². The Labute approximate surface area is 233 Å². The Bertz CT molecular complexity index is 777. The van der Waals surface area contributed by atoms with Crippen LogP contribution in [0, 0.1) is 0 Å². The highest BCUT2D eigenvalue weighted by Crippen LogP contribution is 2.10. The molecule has 0 saturated heterocycles. The van der Waals surface area contributed by atoms with Crippen LogP contribution >= 0.6 is 0 Å². The highest BCUT2D eigenvalue weighted by atomic mass is 24.3. The lowest BCUT2D eigenvalue weighted by atomic mass is 10.1. The number of aromatic carboxylic acids is 2. The fourth-order valence-electron chi connectivity index (χ4n) is 1.79. The van der Waals surface area contributed by atoms with Crippen LogP contribution in [0.3, 0.4) is 0 Å². The summed E-state index contributed by atoms with van der Waals surface area (Å²) < 4.78 is 0. The first kappa shape index (κ1) is 83.5. The second-order valence-electron chi connectivity index (χ2n) is 4.46. The van der Waals surface area contributed by atoms with Crippen molar-refractivity contribution >= 4 is 46.9 Å². The normalized spacial score (nSPS) is 6.21. The van der Waals surface area contributed by atoms with Gasteiger partial charge in [0, 0.05) is 23.1 Å². The molecular formula is C16H36MgO22. The van der Waals surface area contributed by atoms with E-state index in [0.717, 1.165) is 0 Å². The van der Waals surface area contributed by atoms with Crippen molar-refractivity contribution in [3.8, 4) is 0 Å². The van der Waals surface area contributed by atoms with Crippen molar-refractivity contribution in [3.63, 3.8) is 0 Å². The van der Waals surface area contributed by atoms with Crippen molar-refractivity contribution in [2.45, 2.75) is 0 Å². The molecule has 0 atom stereocenters. The van der Waals surface area contributed by atoms with Crippen LogP contribution in [0.2, 0.25) is 0 Å². The maximum absolute atomic E-state index is 10.8. The van der Waals surface area contributed by atoms with Crippen molar-refractivity contribution in [3.05, 3.63) is 70.8 Å². The largest absolute Gasteiger partial charge is 0.478 e. The van der Waals surface area contributed by atoms with Gasteiger partial charge in [0.1, 0.15) is 0 Å². The van der Waals surface area contributed by atoms with Crippen molar-refractivity contribution < 1.29 is 115 Å². The Balaban J connectivity index is -0.0000000236. The lowest BCUT2D eigenvalue weighted by Gasteiger charge is -2.00. The third-order valence-electron chi connectivity index (χ3n) is 2.92. The summed E-state index contributed by atoms with van der Waals surface area (Å²) in [4.78, 5) is 49.6. The molecule has 0 amide bonds. The van der Waals surface area contributed by atoms with Crippen LogP contribution in [0.15, 0.2) is 48.5 Å². The van der Waals surface area contributed by atoms with E-state index in [0.29, 0.717) is 0 Å². The quantitative estimate of drug-likeness (QED) is 0.145. The fourth-order valence-corrected chi connectivity index (χ4v) is 1.79. The zero-order chi connectivity index (χ0) is 19.7. The first-order chi connectivity index (χ1) is 12.3. The molecule has 0 aliphatic carbocycles. The topological polar surface area (TPSA) is 546 Å². The number of hydrogen-bond acceptors (Lipinski definition) is 8. The van der Waals surface area contributed by atoms with Crippen molar-refractivity contribution in [2.75, 3.05) is 0 Å². The van der Waals surface area contributed by atoms with Crippen LogP contribution in [-0.4, -0.2) is 133 Å². The SMILES string of the molecule is O.O.O.O.O.O.O.O.O.O.O.O.O=C(O)c1ccccc1C(=O)OO.O=C(O)c1ccccc1C(=O)OO.[Mg]. The maximum atomic E-state index is 10.8. The number of hydrogen-bond donors (Lipinski definition) is 4. The molecule has 2 aromatic carbocycles. The summed E-state index contributed by atoms with van der Waals surface area (Å²) in [5.41, 5.74) is -0.780. The first-order valence-corrected chi connectivity index (χ1v) is 6.69. The van der Waals surface area contributed by atoms with Gasteiger partial charge in [-0.3, -0.25) is 9.78 Å². The van der Waals surface area contributed by atoms with Gasteiger partial charge in [0.05, 0.1) is 22.3 Å². The smallest absolute Gasteiger partial charge is 0.373 e. The van der Waals surface area contributed by atoms with Gasteiger partial charge < -0.3 is 75.9 Å². The third-order valence-corrected chi connectivity index (χ3v) is 2.92. The lowest BCUT2D eigenvalue weighted by molar-refractivity contribution is -0.182. The Morgan fingerprint density at radius 2 is 0.615 bits per heavy atom. The van der Waals surface area contributed by atoms with E-state index in [9.17, 15) is 19.2 Å². The molecule has 2 rings (SSSR count). The molecule has 0 aliphatic rings. The van der Waals surface area contributed by atoms with E-state index in [2.05, 4.69) is 9.78 Å². The molecule has 2 radical (unpaired) electrons. The zero-order valence-electron chi connectivity index (χ0n) is 19.6. The first-order valence-electron chi connectivity index (χ1n) is 6.69. The number of benzene rings is 2. The second-order valence-corrected chi connectivity index (χ2v) is 4.46. The second kappa shape index (κ2) is 41.6. The molecule has 22 nitrogen and oxygen atoms in total. The fraction of sp³-hybridized carbons (Fsp3) is 0. The van der Waals surface area contributed by atoms with Crippen molar-refractivity contribution in [2.24, 2.45) is 0 Å². The molecule has 0 aliphatic heterocycles. The Hall–Kier alpha value is -3.47. The molecule has 0 fully saturated rings. The predicted octanol–water partition coefficient (Wildman–Crippen LogP) is -8.25. The van der Waals surface area contributed by atoms with Gasteiger partial charge in [-0.1, -0.05) is 24.3 Å². The molecule has 39 heavy (non-hydrogen) atoms. The van der Waals surface area contributed by atoms with Crippen molar-refractivity contribution in [1.29, 1.82) is 0 Å². The highest BCUT2D eigenvalue weighted by Gasteiger charge is 2.17. The minimum atomic E-state index is -1.25. The minimum absolute atomic E-state index is 0. The van der Waals surface area contributed by atoms with Gasteiger partial charge in [-0.15, -0.1) is 0 Å². The Morgan fingerprint density at radius 1 is 0.436 bits per heavy atom. The standard InChI is InChI=1S/2C8H6O5.Mg.12H2O/c2*9-7(10)5-3-1-2-4-6(5)8(11)13-12;;;;;;;;;;;;;/h2*1-4,12H,(H,9,10);;12*1H2. The van der Waals surface area contributed by atoms with Gasteiger partial charge in [-0.2, -0.15) is 10.5 Å². The van der Waals surface area contributed by atoms with Gasteiger partial charge in [-0.05, 0) is 24.3 Å². The van der Waals surface area contributed by atoms with E-state index in [4.69, 9.17) is 20.7 Å². The molecule has 23 heteroatoms. The molecule has 0 spiro atoms. The molecule has 0 unspecified atom stereocenters. The van der Waals surface area contributed by atoms with Crippen LogP contribution in [0.5, 0.6) is 0 Å². The third kappa shape index (κ3) is 24.6. The van der Waals surface area contributed by atoms with Gasteiger partial charge in [0.25, 0.3) is 0 Å². The Morgan fingerprint density at radius 3 is 0.769 bits per heavy atom. The molecule has 234 valence electrons. The molecule has 0 heterocycles. The summed E-state index contributed by atoms with van der Waals surface area (Å²) >= 11 is 0. The molecule has 0 bridgehead atoms. The summed E-state index contributed by atoms with van der Waals surface area (Å²) in [6.45, 7) is 0. The van der Waals surface area contributed by atoms with Gasteiger partial charge in [-0.25, -0.2) is 19.2 Å². The molecule has 2 aromatic rings. The van der Waals surface area contributed by atoms with Crippen molar-refractivity contribution in [1.82, 2.24) is 0 Å². The molecule has 0 aromatic heterocycles. The van der Waals surface area contributed by atoms with Crippen LogP contribution in [0.4, 0.5) is 0 Å². The lowest BCUT2D eigenvalue weighted by Crippen LogP contribution is -2.09. The monoisotopic (exact) mass is 604 g/mol. The molecular weight excluding hydrogens is 568 g/mol. The van der Waals surface area contributed by atoms with Crippen LogP contribution < -0.4 is 0 Å². The average molecular weight is 605 g/mol. The van der Waals surface area contributed by atoms with Gasteiger partial charge in [0.15, 0.2) is 0 Å². The van der Waals surface area contributed by atoms with Crippen LogP contribution in [0.25, 0.3) is 0 Å². The zero-order valence-corrected chi connectivity index (χ0v) is 21.0. The Kier molecular flexibility index (Phi) is 89.1. The van der Waals surface area contributed by atoms with E-state index < -0.39 is 23.9 Å².